The van der Waals surface area contributed by atoms with Crippen LogP contribution < -0.4 is 0 Å². The van der Waals surface area contributed by atoms with Gasteiger partial charge in [-0.2, -0.15) is 0 Å². The summed E-state index contributed by atoms with van der Waals surface area (Å²) < 4.78 is 6.66. The van der Waals surface area contributed by atoms with Gasteiger partial charge in [0.15, 0.2) is 0 Å². The minimum absolute atomic E-state index is 0.00440. The molecule has 0 bridgehead atoms. The van der Waals surface area contributed by atoms with Crippen LogP contribution in [0.1, 0.15) is 75.3 Å². The topological polar surface area (TPSA) is 9.23 Å². The zero-order valence-electron chi connectivity index (χ0n) is 17.2. The SMILES string of the molecule is CCCCCCSC12CCCC1(C(c1ccccc1)c1ccccc1)CCO2. The predicted molar refractivity (Wildman–Crippen MR) is 121 cm³/mol. The van der Waals surface area contributed by atoms with Crippen LogP contribution in [0.2, 0.25) is 0 Å². The van der Waals surface area contributed by atoms with Gasteiger partial charge in [0, 0.05) is 17.9 Å². The Morgan fingerprint density at radius 3 is 2.18 bits per heavy atom. The molecule has 0 aromatic heterocycles. The van der Waals surface area contributed by atoms with Crippen molar-refractivity contribution >= 4 is 11.8 Å². The first-order chi connectivity index (χ1) is 13.8. The Morgan fingerprint density at radius 2 is 1.54 bits per heavy atom. The van der Waals surface area contributed by atoms with E-state index in [0.29, 0.717) is 5.92 Å². The van der Waals surface area contributed by atoms with E-state index in [1.54, 1.807) is 0 Å². The van der Waals surface area contributed by atoms with Gasteiger partial charge in [0.05, 0.1) is 0 Å². The van der Waals surface area contributed by atoms with Crippen molar-refractivity contribution in [3.63, 3.8) is 0 Å². The van der Waals surface area contributed by atoms with E-state index in [1.165, 1.54) is 68.2 Å². The van der Waals surface area contributed by atoms with Gasteiger partial charge in [-0.3, -0.25) is 0 Å². The Bertz CT molecular complexity index is 677. The standard InChI is InChI=1S/C26H34OS/c1-2-3-4-11-21-28-26-18-12-17-25(26,19-20-27-26)24(22-13-7-5-8-14-22)23-15-9-6-10-16-23/h5-10,13-16,24H,2-4,11-12,17-21H2,1H3. The maximum atomic E-state index is 6.66. The lowest BCUT2D eigenvalue weighted by atomic mass is 9.65. The van der Waals surface area contributed by atoms with E-state index in [4.69, 9.17) is 4.74 Å². The summed E-state index contributed by atoms with van der Waals surface area (Å²) in [6.07, 6.45) is 10.3. The first-order valence-corrected chi connectivity index (χ1v) is 12.2. The lowest BCUT2D eigenvalue weighted by molar-refractivity contribution is 0.0307. The Balaban J connectivity index is 1.67. The van der Waals surface area contributed by atoms with Gasteiger partial charge in [0.25, 0.3) is 0 Å². The molecule has 2 fully saturated rings. The molecule has 1 saturated carbocycles. The van der Waals surface area contributed by atoms with Crippen molar-refractivity contribution in [3.8, 4) is 0 Å². The van der Waals surface area contributed by atoms with Crippen LogP contribution in [0.3, 0.4) is 0 Å². The first-order valence-electron chi connectivity index (χ1n) is 11.2. The highest BCUT2D eigenvalue weighted by Gasteiger charge is 2.63. The number of hydrogen-bond donors (Lipinski definition) is 0. The van der Waals surface area contributed by atoms with Crippen LogP contribution in [0.25, 0.3) is 0 Å². The second kappa shape index (κ2) is 9.05. The van der Waals surface area contributed by atoms with E-state index >= 15 is 0 Å². The molecule has 2 atom stereocenters. The molecular weight excluding hydrogens is 360 g/mol. The minimum atomic E-state index is -0.00440. The molecule has 0 N–H and O–H groups in total. The lowest BCUT2D eigenvalue weighted by Gasteiger charge is -2.45. The maximum absolute atomic E-state index is 6.66. The van der Waals surface area contributed by atoms with Crippen LogP contribution >= 0.6 is 11.8 Å². The van der Waals surface area contributed by atoms with Crippen molar-refractivity contribution in [1.29, 1.82) is 0 Å². The smallest absolute Gasteiger partial charge is 0.120 e. The van der Waals surface area contributed by atoms with Gasteiger partial charge in [0.1, 0.15) is 4.93 Å². The second-order valence-electron chi connectivity index (χ2n) is 8.52. The van der Waals surface area contributed by atoms with Gasteiger partial charge < -0.3 is 4.74 Å². The summed E-state index contributed by atoms with van der Waals surface area (Å²) in [6.45, 7) is 3.20. The zero-order valence-corrected chi connectivity index (χ0v) is 18.1. The van der Waals surface area contributed by atoms with Crippen molar-refractivity contribution in [3.05, 3.63) is 71.8 Å². The number of thioether (sulfide) groups is 1. The van der Waals surface area contributed by atoms with Gasteiger partial charge in [-0.15, -0.1) is 11.8 Å². The molecule has 2 aromatic carbocycles. The first kappa shape index (κ1) is 20.0. The van der Waals surface area contributed by atoms with E-state index in [0.717, 1.165) is 6.61 Å². The third-order valence-corrected chi connectivity index (χ3v) is 8.61. The van der Waals surface area contributed by atoms with Gasteiger partial charge >= 0.3 is 0 Å². The summed E-state index contributed by atoms with van der Waals surface area (Å²) in [5.74, 6) is 1.65. The minimum Gasteiger partial charge on any atom is -0.364 e. The zero-order chi connectivity index (χ0) is 19.3. The third kappa shape index (κ3) is 3.66. The quantitative estimate of drug-likeness (QED) is 0.409. The fourth-order valence-corrected chi connectivity index (χ4v) is 7.40. The van der Waals surface area contributed by atoms with E-state index < -0.39 is 0 Å². The van der Waals surface area contributed by atoms with Crippen molar-refractivity contribution in [2.75, 3.05) is 12.4 Å². The second-order valence-corrected chi connectivity index (χ2v) is 9.88. The molecule has 28 heavy (non-hydrogen) atoms. The van der Waals surface area contributed by atoms with Gasteiger partial charge in [-0.05, 0) is 49.0 Å². The van der Waals surface area contributed by atoms with Crippen LogP contribution in [0.15, 0.2) is 60.7 Å². The van der Waals surface area contributed by atoms with Crippen molar-refractivity contribution in [1.82, 2.24) is 0 Å². The summed E-state index contributed by atoms with van der Waals surface area (Å²) in [6, 6.07) is 22.4. The molecule has 2 unspecified atom stereocenters. The largest absolute Gasteiger partial charge is 0.364 e. The molecule has 4 rings (SSSR count). The molecule has 0 radical (unpaired) electrons. The number of unbranched alkanes of at least 4 members (excludes halogenated alkanes) is 3. The van der Waals surface area contributed by atoms with E-state index in [9.17, 15) is 0 Å². The van der Waals surface area contributed by atoms with Gasteiger partial charge in [0.2, 0.25) is 0 Å². The fraction of sp³-hybridized carbons (Fsp3) is 0.538. The number of fused-ring (bicyclic) bond motifs is 1. The Hall–Kier alpha value is -1.25. The third-order valence-electron chi connectivity index (χ3n) is 6.92. The summed E-state index contributed by atoms with van der Waals surface area (Å²) in [7, 11) is 0. The monoisotopic (exact) mass is 394 g/mol. The van der Waals surface area contributed by atoms with Crippen LogP contribution in [0.4, 0.5) is 0 Å². The molecule has 2 aliphatic rings. The van der Waals surface area contributed by atoms with E-state index in [1.807, 2.05) is 0 Å². The molecule has 1 saturated heterocycles. The molecule has 150 valence electrons. The molecule has 1 heterocycles. The van der Waals surface area contributed by atoms with Crippen LogP contribution in [0.5, 0.6) is 0 Å². The molecule has 1 aliphatic heterocycles. The number of hydrogen-bond acceptors (Lipinski definition) is 2. The average molecular weight is 395 g/mol. The highest BCUT2D eigenvalue weighted by atomic mass is 32.2. The highest BCUT2D eigenvalue weighted by Crippen LogP contribution is 2.67. The van der Waals surface area contributed by atoms with Crippen molar-refractivity contribution in [2.24, 2.45) is 5.41 Å². The Labute approximate surface area is 175 Å². The number of rotatable bonds is 9. The van der Waals surface area contributed by atoms with Crippen LogP contribution in [-0.2, 0) is 4.74 Å². The summed E-state index contributed by atoms with van der Waals surface area (Å²) >= 11 is 2.15. The Kier molecular flexibility index (Phi) is 6.48. The predicted octanol–water partition coefficient (Wildman–Crippen LogP) is 7.42. The van der Waals surface area contributed by atoms with E-state index in [-0.39, 0.29) is 10.3 Å². The Morgan fingerprint density at radius 1 is 0.857 bits per heavy atom. The molecule has 2 heteroatoms. The molecule has 1 aliphatic carbocycles. The summed E-state index contributed by atoms with van der Waals surface area (Å²) in [4.78, 5) is -0.00440. The molecule has 0 amide bonds. The summed E-state index contributed by atoms with van der Waals surface area (Å²) in [5, 5.41) is 0. The molecule has 1 nitrogen and oxygen atoms in total. The van der Waals surface area contributed by atoms with Crippen LogP contribution in [0, 0.1) is 5.41 Å². The van der Waals surface area contributed by atoms with Crippen molar-refractivity contribution in [2.45, 2.75) is 69.1 Å². The molecule has 2 aromatic rings. The normalized spacial score (nSPS) is 26.6. The molecular formula is C26H34OS. The number of benzene rings is 2. The average Bonchev–Trinajstić information content (AvgIpc) is 3.25. The molecule has 0 spiro atoms. The highest BCUT2D eigenvalue weighted by molar-refractivity contribution is 8.00. The maximum Gasteiger partial charge on any atom is 0.120 e. The lowest BCUT2D eigenvalue weighted by Crippen LogP contribution is -2.42. The van der Waals surface area contributed by atoms with Gasteiger partial charge in [-0.1, -0.05) is 86.8 Å². The van der Waals surface area contributed by atoms with Gasteiger partial charge in [-0.25, -0.2) is 0 Å². The fourth-order valence-electron chi connectivity index (χ4n) is 5.66. The number of ether oxygens (including phenoxy) is 1. The van der Waals surface area contributed by atoms with Crippen LogP contribution in [-0.4, -0.2) is 17.3 Å². The summed E-state index contributed by atoms with van der Waals surface area (Å²) in [5.41, 5.74) is 3.12. The van der Waals surface area contributed by atoms with E-state index in [2.05, 4.69) is 79.3 Å². The van der Waals surface area contributed by atoms with Crippen molar-refractivity contribution < 1.29 is 4.74 Å².